The Morgan fingerprint density at radius 2 is 1.50 bits per heavy atom. The summed E-state index contributed by atoms with van der Waals surface area (Å²) in [5, 5.41) is 0.542. The van der Waals surface area contributed by atoms with Gasteiger partial charge in [0.25, 0.3) is 0 Å². The van der Waals surface area contributed by atoms with Crippen molar-refractivity contribution in [2.45, 2.75) is 0 Å². The molecule has 0 amide bonds. The fourth-order valence-electron chi connectivity index (χ4n) is 1.96. The molecule has 24 heavy (non-hydrogen) atoms. The van der Waals surface area contributed by atoms with Crippen LogP contribution in [0.25, 0.3) is 5.69 Å². The third-order valence-electron chi connectivity index (χ3n) is 3.14. The SMILES string of the molecule is CN(C)C(=S)/N=c1/ssc(=Nc2ccccc2)n1-c1ccccc1. The highest BCUT2D eigenvalue weighted by atomic mass is 32.9. The summed E-state index contributed by atoms with van der Waals surface area (Å²) in [6.45, 7) is 0. The number of thiocarbonyl (C=S) groups is 1. The fourth-order valence-corrected chi connectivity index (χ4v) is 4.23. The van der Waals surface area contributed by atoms with Gasteiger partial charge in [-0.1, -0.05) is 36.4 Å². The van der Waals surface area contributed by atoms with Crippen LogP contribution in [-0.4, -0.2) is 28.7 Å². The molecule has 3 aromatic rings. The quantitative estimate of drug-likeness (QED) is 0.509. The second-order valence-electron chi connectivity index (χ2n) is 5.14. The minimum atomic E-state index is 0.542. The smallest absolute Gasteiger partial charge is 0.209 e. The first kappa shape index (κ1) is 16.8. The molecule has 0 fully saturated rings. The predicted octanol–water partition coefficient (Wildman–Crippen LogP) is 3.58. The molecule has 0 saturated heterocycles. The molecule has 7 heteroatoms. The van der Waals surface area contributed by atoms with E-state index < -0.39 is 0 Å². The number of hydrogen-bond acceptors (Lipinski definition) is 4. The molecule has 122 valence electrons. The lowest BCUT2D eigenvalue weighted by Crippen LogP contribution is -2.27. The number of nitrogens with zero attached hydrogens (tertiary/aromatic N) is 4. The Bertz CT molecular complexity index is 951. The molecular formula is C17H16N4S3. The first-order valence-electron chi connectivity index (χ1n) is 7.28. The lowest BCUT2D eigenvalue weighted by molar-refractivity contribution is 0.625. The van der Waals surface area contributed by atoms with Gasteiger partial charge < -0.3 is 4.90 Å². The van der Waals surface area contributed by atoms with Crippen LogP contribution in [0.5, 0.6) is 0 Å². The highest BCUT2D eigenvalue weighted by Gasteiger charge is 2.06. The normalized spacial score (nSPS) is 12.4. The average Bonchev–Trinajstić information content (AvgIpc) is 2.98. The number of aromatic nitrogens is 1. The van der Waals surface area contributed by atoms with Crippen molar-refractivity contribution >= 4 is 43.7 Å². The Balaban J connectivity index is 2.23. The Kier molecular flexibility index (Phi) is 5.34. The van der Waals surface area contributed by atoms with E-state index in [1.165, 1.54) is 0 Å². The highest BCUT2D eigenvalue weighted by Crippen LogP contribution is 2.11. The van der Waals surface area contributed by atoms with Crippen molar-refractivity contribution in [3.8, 4) is 5.69 Å². The average molecular weight is 373 g/mol. The number of para-hydroxylation sites is 2. The molecule has 0 radical (unpaired) electrons. The van der Waals surface area contributed by atoms with Crippen LogP contribution in [0.4, 0.5) is 5.69 Å². The molecule has 1 heterocycles. The van der Waals surface area contributed by atoms with Gasteiger partial charge in [-0.15, -0.1) is 0 Å². The largest absolute Gasteiger partial charge is 0.353 e. The monoisotopic (exact) mass is 372 g/mol. The van der Waals surface area contributed by atoms with E-state index in [1.54, 1.807) is 20.7 Å². The van der Waals surface area contributed by atoms with Gasteiger partial charge in [0.2, 0.25) is 9.60 Å². The maximum atomic E-state index is 5.34. The summed E-state index contributed by atoms with van der Waals surface area (Å²) in [4.78, 5) is 12.9. The van der Waals surface area contributed by atoms with Gasteiger partial charge in [-0.25, -0.2) is 4.99 Å². The van der Waals surface area contributed by atoms with E-state index >= 15 is 0 Å². The van der Waals surface area contributed by atoms with E-state index in [0.29, 0.717) is 5.11 Å². The van der Waals surface area contributed by atoms with Crippen LogP contribution in [0.15, 0.2) is 70.6 Å². The zero-order valence-corrected chi connectivity index (χ0v) is 15.7. The van der Waals surface area contributed by atoms with Crippen LogP contribution in [0, 0.1) is 0 Å². The molecule has 0 N–H and O–H groups in total. The molecule has 3 rings (SSSR count). The fraction of sp³-hybridized carbons (Fsp3) is 0.118. The predicted molar refractivity (Wildman–Crippen MR) is 105 cm³/mol. The topological polar surface area (TPSA) is 32.9 Å². The molecule has 0 saturated carbocycles. The van der Waals surface area contributed by atoms with Crippen molar-refractivity contribution in [1.82, 2.24) is 9.47 Å². The van der Waals surface area contributed by atoms with Crippen molar-refractivity contribution in [1.29, 1.82) is 0 Å². The highest BCUT2D eigenvalue weighted by molar-refractivity contribution is 7.80. The standard InChI is InChI=1S/C17H16N4S3/c1-20(2)15(22)19-17-21(14-11-7-4-8-12-14)16(23-24-17)18-13-9-5-3-6-10-13/h3-12H,1-2H3/b18-16?,19-17+. The molecule has 2 aromatic carbocycles. The van der Waals surface area contributed by atoms with E-state index in [-0.39, 0.29) is 0 Å². The second-order valence-corrected chi connectivity index (χ2v) is 7.57. The first-order valence-corrected chi connectivity index (χ1v) is 9.84. The van der Waals surface area contributed by atoms with Crippen molar-refractivity contribution in [3.05, 3.63) is 70.3 Å². The van der Waals surface area contributed by atoms with Crippen LogP contribution < -0.4 is 9.60 Å². The third-order valence-corrected chi connectivity index (χ3v) is 5.67. The van der Waals surface area contributed by atoms with E-state index in [1.807, 2.05) is 84.2 Å². The summed E-state index contributed by atoms with van der Waals surface area (Å²) in [6, 6.07) is 20.0. The van der Waals surface area contributed by atoms with Gasteiger partial charge in [0, 0.05) is 14.1 Å². The van der Waals surface area contributed by atoms with Crippen molar-refractivity contribution in [2.24, 2.45) is 9.98 Å². The molecule has 0 unspecified atom stereocenters. The number of hydrogen-bond donors (Lipinski definition) is 0. The molecule has 0 bridgehead atoms. The van der Waals surface area contributed by atoms with Crippen molar-refractivity contribution in [3.63, 3.8) is 0 Å². The van der Waals surface area contributed by atoms with E-state index in [0.717, 1.165) is 21.0 Å². The Morgan fingerprint density at radius 3 is 2.12 bits per heavy atom. The Hall–Kier alpha value is -2.09. The van der Waals surface area contributed by atoms with Gasteiger partial charge >= 0.3 is 0 Å². The van der Waals surface area contributed by atoms with E-state index in [2.05, 4.69) is 4.99 Å². The maximum Gasteiger partial charge on any atom is 0.209 e. The van der Waals surface area contributed by atoms with E-state index in [9.17, 15) is 0 Å². The van der Waals surface area contributed by atoms with Gasteiger partial charge in [-0.2, -0.15) is 4.99 Å². The van der Waals surface area contributed by atoms with Crippen LogP contribution in [0.2, 0.25) is 0 Å². The summed E-state index contributed by atoms with van der Waals surface area (Å²) in [5.74, 6) is 0. The molecule has 4 nitrogen and oxygen atoms in total. The molecule has 0 atom stereocenters. The lowest BCUT2D eigenvalue weighted by atomic mass is 10.3. The number of benzene rings is 2. The molecule has 0 spiro atoms. The minimum absolute atomic E-state index is 0.542. The third kappa shape index (κ3) is 3.87. The molecular weight excluding hydrogens is 356 g/mol. The lowest BCUT2D eigenvalue weighted by Gasteiger charge is -2.08. The summed E-state index contributed by atoms with van der Waals surface area (Å²) in [5.41, 5.74) is 1.93. The molecule has 1 aromatic heterocycles. The van der Waals surface area contributed by atoms with Gasteiger partial charge in [-0.3, -0.25) is 4.57 Å². The minimum Gasteiger partial charge on any atom is -0.353 e. The van der Waals surface area contributed by atoms with Gasteiger partial charge in [0.15, 0.2) is 5.11 Å². The van der Waals surface area contributed by atoms with Gasteiger partial charge in [0.1, 0.15) is 0 Å². The first-order chi connectivity index (χ1) is 11.6. The number of rotatable bonds is 2. The summed E-state index contributed by atoms with van der Waals surface area (Å²) in [7, 11) is 6.94. The molecule has 0 aliphatic rings. The Morgan fingerprint density at radius 1 is 0.917 bits per heavy atom. The molecule has 0 aliphatic carbocycles. The summed E-state index contributed by atoms with van der Waals surface area (Å²) >= 11 is 5.34. The van der Waals surface area contributed by atoms with Crippen molar-refractivity contribution in [2.75, 3.05) is 14.1 Å². The van der Waals surface area contributed by atoms with Crippen molar-refractivity contribution < 1.29 is 0 Å². The van der Waals surface area contributed by atoms with Crippen LogP contribution in [0.3, 0.4) is 0 Å². The zero-order valence-electron chi connectivity index (χ0n) is 13.3. The van der Waals surface area contributed by atoms with Crippen LogP contribution in [-0.2, 0) is 0 Å². The summed E-state index contributed by atoms with van der Waals surface area (Å²) in [6.07, 6.45) is 0. The van der Waals surface area contributed by atoms with Crippen LogP contribution >= 0.6 is 32.9 Å². The molecule has 0 aliphatic heterocycles. The van der Waals surface area contributed by atoms with Crippen LogP contribution in [0.1, 0.15) is 0 Å². The second kappa shape index (κ2) is 7.65. The van der Waals surface area contributed by atoms with E-state index in [4.69, 9.17) is 17.2 Å². The summed E-state index contributed by atoms with van der Waals surface area (Å²) < 4.78 is 2.04. The van der Waals surface area contributed by atoms with Gasteiger partial charge in [0.05, 0.1) is 11.4 Å². The van der Waals surface area contributed by atoms with Gasteiger partial charge in [-0.05, 0) is 57.2 Å². The maximum absolute atomic E-state index is 5.34. The zero-order chi connectivity index (χ0) is 16.9. The Labute approximate surface area is 153 Å².